The number of nitrogens with two attached hydrogens (primary N) is 1. The molecule has 3 rings (SSSR count). The number of aliphatic hydroxyl groups excluding tert-OH is 3. The van der Waals surface area contributed by atoms with Crippen molar-refractivity contribution in [2.75, 3.05) is 17.7 Å². The van der Waals surface area contributed by atoms with Crippen LogP contribution in [0.2, 0.25) is 5.15 Å². The maximum Gasteiger partial charge on any atom is 0.223 e. The van der Waals surface area contributed by atoms with Crippen LogP contribution >= 0.6 is 11.6 Å². The Labute approximate surface area is 148 Å². The van der Waals surface area contributed by atoms with E-state index in [0.29, 0.717) is 17.5 Å². The molecule has 0 radical (unpaired) electrons. The molecule has 6 N–H and O–H groups in total. The molecule has 2 aromatic heterocycles. The Morgan fingerprint density at radius 3 is 2.76 bits per heavy atom. The van der Waals surface area contributed by atoms with Gasteiger partial charge in [-0.3, -0.25) is 0 Å². The molecule has 2 aromatic rings. The highest BCUT2D eigenvalue weighted by atomic mass is 35.5. The molecule has 9 heteroatoms. The second kappa shape index (κ2) is 7.29. The zero-order valence-electron chi connectivity index (χ0n) is 13.1. The number of aromatic nitrogens is 2. The number of furan rings is 1. The molecule has 4 atom stereocenters. The molecule has 1 fully saturated rings. The zero-order chi connectivity index (χ0) is 18.0. The molecular formula is C16H17ClN4O4. The fourth-order valence-corrected chi connectivity index (χ4v) is 2.98. The minimum atomic E-state index is -1.07. The van der Waals surface area contributed by atoms with Crippen molar-refractivity contribution in [1.82, 2.24) is 9.97 Å². The van der Waals surface area contributed by atoms with Gasteiger partial charge in [-0.1, -0.05) is 23.4 Å². The van der Waals surface area contributed by atoms with Crippen molar-refractivity contribution >= 4 is 23.4 Å². The summed E-state index contributed by atoms with van der Waals surface area (Å²) in [6.45, 7) is -0.226. The van der Waals surface area contributed by atoms with E-state index in [0.717, 1.165) is 0 Å². The number of aliphatic hydroxyl groups is 3. The van der Waals surface area contributed by atoms with E-state index in [1.807, 2.05) is 0 Å². The van der Waals surface area contributed by atoms with Gasteiger partial charge in [-0.05, 0) is 12.5 Å². The van der Waals surface area contributed by atoms with Gasteiger partial charge in [0.25, 0.3) is 0 Å². The summed E-state index contributed by atoms with van der Waals surface area (Å²) >= 11 is 6.13. The number of nitrogens with one attached hydrogen (secondary N) is 1. The molecule has 25 heavy (non-hydrogen) atoms. The van der Waals surface area contributed by atoms with Crippen LogP contribution in [0.3, 0.4) is 0 Å². The maximum atomic E-state index is 10.2. The Bertz CT molecular complexity index is 802. The van der Waals surface area contributed by atoms with Crippen LogP contribution < -0.4 is 11.1 Å². The van der Waals surface area contributed by atoms with Crippen molar-refractivity contribution in [2.45, 2.75) is 24.7 Å². The molecular weight excluding hydrogens is 348 g/mol. The number of hydrogen-bond donors (Lipinski definition) is 5. The average molecular weight is 365 g/mol. The maximum absolute atomic E-state index is 10.2. The summed E-state index contributed by atoms with van der Waals surface area (Å²) in [7, 11) is 0. The highest BCUT2D eigenvalue weighted by Crippen LogP contribution is 2.30. The molecule has 0 spiro atoms. The Balaban J connectivity index is 1.90. The quantitative estimate of drug-likeness (QED) is 0.385. The Kier molecular flexibility index (Phi) is 5.11. The van der Waals surface area contributed by atoms with Crippen LogP contribution in [-0.2, 0) is 0 Å². The van der Waals surface area contributed by atoms with Crippen molar-refractivity contribution < 1.29 is 19.7 Å². The van der Waals surface area contributed by atoms with Crippen LogP contribution in [0.5, 0.6) is 0 Å². The molecule has 0 unspecified atom stereocenters. The lowest BCUT2D eigenvalue weighted by Gasteiger charge is -2.19. The van der Waals surface area contributed by atoms with Crippen LogP contribution in [0.4, 0.5) is 11.8 Å². The lowest BCUT2D eigenvalue weighted by Crippen LogP contribution is -2.35. The summed E-state index contributed by atoms with van der Waals surface area (Å²) in [5.74, 6) is 5.50. The van der Waals surface area contributed by atoms with Crippen LogP contribution in [-0.4, -0.2) is 50.1 Å². The zero-order valence-corrected chi connectivity index (χ0v) is 13.8. The normalized spacial score (nSPS) is 25.4. The van der Waals surface area contributed by atoms with E-state index in [2.05, 4.69) is 27.1 Å². The van der Waals surface area contributed by atoms with Crippen LogP contribution in [0.15, 0.2) is 23.0 Å². The highest BCUT2D eigenvalue weighted by molar-refractivity contribution is 6.31. The smallest absolute Gasteiger partial charge is 0.223 e. The van der Waals surface area contributed by atoms with Gasteiger partial charge in [0.15, 0.2) is 5.15 Å². The third-order valence-electron chi connectivity index (χ3n) is 4.09. The number of hydrogen-bond acceptors (Lipinski definition) is 8. The molecule has 132 valence electrons. The van der Waals surface area contributed by atoms with Crippen molar-refractivity contribution in [1.29, 1.82) is 0 Å². The van der Waals surface area contributed by atoms with E-state index in [4.69, 9.17) is 21.8 Å². The van der Waals surface area contributed by atoms with E-state index in [1.54, 1.807) is 6.07 Å². The SMILES string of the molecule is Nc1nc(Cl)c(C#Cc2ccoc2)c(N[C@@H]2C[C@H](CO)[C@@H](O)[C@H]2O)n1. The molecule has 0 aromatic carbocycles. The third-order valence-corrected chi connectivity index (χ3v) is 4.37. The molecule has 0 amide bonds. The molecule has 1 aliphatic rings. The van der Waals surface area contributed by atoms with Gasteiger partial charge in [-0.2, -0.15) is 9.97 Å². The largest absolute Gasteiger partial charge is 0.471 e. The number of nitrogen functional groups attached to an aromatic ring is 1. The molecule has 1 saturated carbocycles. The van der Waals surface area contributed by atoms with E-state index in [1.165, 1.54) is 12.5 Å². The third kappa shape index (κ3) is 3.70. The Morgan fingerprint density at radius 1 is 1.32 bits per heavy atom. The summed E-state index contributed by atoms with van der Waals surface area (Å²) in [6, 6.07) is 1.15. The topological polar surface area (TPSA) is 138 Å². The minimum Gasteiger partial charge on any atom is -0.471 e. The van der Waals surface area contributed by atoms with E-state index in [-0.39, 0.29) is 23.5 Å². The molecule has 0 saturated heterocycles. The molecule has 2 heterocycles. The Hall–Kier alpha value is -2.31. The summed E-state index contributed by atoms with van der Waals surface area (Å²) in [4.78, 5) is 7.99. The van der Waals surface area contributed by atoms with Crippen molar-refractivity contribution in [3.63, 3.8) is 0 Å². The van der Waals surface area contributed by atoms with Gasteiger partial charge in [0.1, 0.15) is 23.7 Å². The van der Waals surface area contributed by atoms with Crippen molar-refractivity contribution in [3.8, 4) is 11.8 Å². The summed E-state index contributed by atoms with van der Waals surface area (Å²) in [5, 5.41) is 32.4. The number of anilines is 2. The first-order valence-electron chi connectivity index (χ1n) is 7.60. The van der Waals surface area contributed by atoms with E-state index < -0.39 is 24.2 Å². The number of rotatable bonds is 3. The van der Waals surface area contributed by atoms with Gasteiger partial charge >= 0.3 is 0 Å². The van der Waals surface area contributed by atoms with Gasteiger partial charge in [0, 0.05) is 12.5 Å². The van der Waals surface area contributed by atoms with Crippen LogP contribution in [0, 0.1) is 17.8 Å². The number of halogens is 1. The molecule has 1 aliphatic carbocycles. The minimum absolute atomic E-state index is 0.0481. The van der Waals surface area contributed by atoms with Gasteiger partial charge in [0.05, 0.1) is 24.0 Å². The predicted octanol–water partition coefficient (Wildman–Crippen LogP) is 0.219. The van der Waals surface area contributed by atoms with Crippen LogP contribution in [0.1, 0.15) is 17.5 Å². The van der Waals surface area contributed by atoms with Crippen molar-refractivity contribution in [2.24, 2.45) is 5.92 Å². The monoisotopic (exact) mass is 364 g/mol. The van der Waals surface area contributed by atoms with Gasteiger partial charge in [-0.25, -0.2) is 0 Å². The first kappa shape index (κ1) is 17.5. The highest BCUT2D eigenvalue weighted by Gasteiger charge is 2.41. The second-order valence-electron chi connectivity index (χ2n) is 5.77. The number of nitrogens with zero attached hydrogens (tertiary/aromatic N) is 2. The molecule has 8 nitrogen and oxygen atoms in total. The molecule has 0 aliphatic heterocycles. The summed E-state index contributed by atoms with van der Waals surface area (Å²) in [6.07, 6.45) is 1.24. The first-order chi connectivity index (χ1) is 12.0. The fraction of sp³-hybridized carbons (Fsp3) is 0.375. The van der Waals surface area contributed by atoms with Crippen molar-refractivity contribution in [3.05, 3.63) is 34.9 Å². The summed E-state index contributed by atoms with van der Waals surface area (Å²) < 4.78 is 4.95. The average Bonchev–Trinajstić information content (AvgIpc) is 3.18. The lowest BCUT2D eigenvalue weighted by molar-refractivity contribution is 0.00445. The predicted molar refractivity (Wildman–Crippen MR) is 90.8 cm³/mol. The molecule has 0 bridgehead atoms. The lowest BCUT2D eigenvalue weighted by atomic mass is 10.1. The standard InChI is InChI=1S/C16H17ClN4O4/c17-14-10(2-1-8-3-4-25-7-8)15(21-16(18)20-14)19-11-5-9(6-22)12(23)13(11)24/h3-4,7,9,11-13,22-24H,5-6H2,(H3,18,19,20,21)/t9-,11-,12-,13+/m1/s1. The van der Waals surface area contributed by atoms with E-state index in [9.17, 15) is 15.3 Å². The fourth-order valence-electron chi connectivity index (χ4n) is 2.76. The van der Waals surface area contributed by atoms with E-state index >= 15 is 0 Å². The summed E-state index contributed by atoms with van der Waals surface area (Å²) in [5.41, 5.74) is 6.61. The Morgan fingerprint density at radius 2 is 2.12 bits per heavy atom. The van der Waals surface area contributed by atoms with Crippen LogP contribution in [0.25, 0.3) is 0 Å². The first-order valence-corrected chi connectivity index (χ1v) is 7.98. The van der Waals surface area contributed by atoms with Gasteiger partial charge in [0.2, 0.25) is 5.95 Å². The second-order valence-corrected chi connectivity index (χ2v) is 6.13. The van der Waals surface area contributed by atoms with Gasteiger partial charge < -0.3 is 30.8 Å². The van der Waals surface area contributed by atoms with Gasteiger partial charge in [-0.15, -0.1) is 0 Å².